The second kappa shape index (κ2) is 11.5. The van der Waals surface area contributed by atoms with Gasteiger partial charge in [-0.1, -0.05) is 23.8 Å². The van der Waals surface area contributed by atoms with Crippen LogP contribution in [0.25, 0.3) is 16.9 Å². The SMILES string of the molecule is Cc1ccc(S(=O)(=O)OCCOc2cccc3nc(-c4c(C)cc(O)cc4C)c(Nc4ccc5c(c4)OCCO5)n23)cc1. The molecule has 0 saturated carbocycles. The summed E-state index contributed by atoms with van der Waals surface area (Å²) >= 11 is 0. The van der Waals surface area contributed by atoms with E-state index < -0.39 is 10.1 Å². The van der Waals surface area contributed by atoms with Gasteiger partial charge in [0.1, 0.15) is 49.3 Å². The Kier molecular flexibility index (Phi) is 7.59. The van der Waals surface area contributed by atoms with E-state index in [1.807, 2.05) is 55.5 Å². The van der Waals surface area contributed by atoms with Gasteiger partial charge in [0.2, 0.25) is 5.88 Å². The van der Waals surface area contributed by atoms with Gasteiger partial charge in [0, 0.05) is 17.3 Å². The molecule has 3 aromatic carbocycles. The van der Waals surface area contributed by atoms with Gasteiger partial charge < -0.3 is 24.6 Å². The lowest BCUT2D eigenvalue weighted by atomic mass is 9.99. The molecule has 0 saturated heterocycles. The molecule has 43 heavy (non-hydrogen) atoms. The van der Waals surface area contributed by atoms with Crippen molar-refractivity contribution < 1.29 is 31.9 Å². The second-order valence-corrected chi connectivity index (χ2v) is 11.9. The van der Waals surface area contributed by atoms with Gasteiger partial charge in [0.05, 0.1) is 4.90 Å². The van der Waals surface area contributed by atoms with Gasteiger partial charge in [-0.2, -0.15) is 8.42 Å². The molecule has 1 aliphatic heterocycles. The van der Waals surface area contributed by atoms with Crippen molar-refractivity contribution in [2.75, 3.05) is 31.7 Å². The number of aryl methyl sites for hydroxylation is 3. The lowest BCUT2D eigenvalue weighted by Crippen LogP contribution is -2.15. The minimum absolute atomic E-state index is 0.0293. The summed E-state index contributed by atoms with van der Waals surface area (Å²) in [4.78, 5) is 5.04. The van der Waals surface area contributed by atoms with Crippen molar-refractivity contribution in [3.05, 3.63) is 89.5 Å². The topological polar surface area (TPSA) is 121 Å². The van der Waals surface area contributed by atoms with Gasteiger partial charge >= 0.3 is 0 Å². The highest BCUT2D eigenvalue weighted by atomic mass is 32.2. The van der Waals surface area contributed by atoms with E-state index in [9.17, 15) is 13.5 Å². The highest BCUT2D eigenvalue weighted by Crippen LogP contribution is 2.40. The van der Waals surface area contributed by atoms with E-state index in [-0.39, 0.29) is 23.9 Å². The standard InChI is InChI=1S/C32H31N3O7S/c1-20-7-10-25(11-8-20)43(37,38)42-16-15-41-29-6-4-5-28-34-31(30-21(2)17-24(36)18-22(30)3)32(35(28)29)33-23-9-12-26-27(19-23)40-14-13-39-26/h4-12,17-19,33,36H,13-16H2,1-3H3. The Bertz CT molecular complexity index is 1900. The van der Waals surface area contributed by atoms with Crippen LogP contribution in [-0.4, -0.2) is 49.3 Å². The van der Waals surface area contributed by atoms with Crippen molar-refractivity contribution in [1.82, 2.24) is 9.38 Å². The highest BCUT2D eigenvalue weighted by molar-refractivity contribution is 7.86. The molecule has 6 rings (SSSR count). The van der Waals surface area contributed by atoms with Gasteiger partial charge in [0.25, 0.3) is 10.1 Å². The van der Waals surface area contributed by atoms with Crippen LogP contribution >= 0.6 is 0 Å². The maximum Gasteiger partial charge on any atom is 0.297 e. The summed E-state index contributed by atoms with van der Waals surface area (Å²) in [5.41, 5.74) is 5.51. The zero-order valence-electron chi connectivity index (χ0n) is 24.0. The first kappa shape index (κ1) is 28.4. The average Bonchev–Trinajstić information content (AvgIpc) is 3.33. The molecule has 5 aromatic rings. The molecule has 2 aromatic heterocycles. The summed E-state index contributed by atoms with van der Waals surface area (Å²) in [6.07, 6.45) is 0. The summed E-state index contributed by atoms with van der Waals surface area (Å²) in [7, 11) is -3.93. The number of phenolic OH excluding ortho intramolecular Hbond substituents is 1. The van der Waals surface area contributed by atoms with E-state index >= 15 is 0 Å². The smallest absolute Gasteiger partial charge is 0.297 e. The average molecular weight is 602 g/mol. The van der Waals surface area contributed by atoms with Gasteiger partial charge in [-0.3, -0.25) is 4.18 Å². The number of phenols is 1. The number of pyridine rings is 1. The number of nitrogens with zero attached hydrogens (tertiary/aromatic N) is 2. The molecule has 0 spiro atoms. The Morgan fingerprint density at radius 2 is 1.63 bits per heavy atom. The molecule has 2 N–H and O–H groups in total. The third-order valence-corrected chi connectivity index (χ3v) is 8.37. The Hall–Kier alpha value is -4.74. The molecule has 0 unspecified atom stereocenters. The Labute approximate surface area is 249 Å². The predicted octanol–water partition coefficient (Wildman–Crippen LogP) is 5.93. The van der Waals surface area contributed by atoms with Crippen LogP contribution in [0.1, 0.15) is 16.7 Å². The lowest BCUT2D eigenvalue weighted by Gasteiger charge is -2.20. The number of nitrogens with one attached hydrogen (secondary N) is 1. The molecule has 0 bridgehead atoms. The van der Waals surface area contributed by atoms with Gasteiger partial charge in [-0.05, 0) is 80.4 Å². The number of imidazole rings is 1. The molecule has 0 fully saturated rings. The summed E-state index contributed by atoms with van der Waals surface area (Å²) in [5, 5.41) is 13.7. The predicted molar refractivity (Wildman–Crippen MR) is 162 cm³/mol. The minimum Gasteiger partial charge on any atom is -0.508 e. The van der Waals surface area contributed by atoms with E-state index in [1.54, 1.807) is 30.3 Å². The fourth-order valence-corrected chi connectivity index (χ4v) is 5.99. The van der Waals surface area contributed by atoms with Crippen LogP contribution in [0.3, 0.4) is 0 Å². The van der Waals surface area contributed by atoms with Crippen LogP contribution in [0.15, 0.2) is 77.7 Å². The Balaban J connectivity index is 1.35. The summed E-state index contributed by atoms with van der Waals surface area (Å²) in [6.45, 7) is 6.46. The second-order valence-electron chi connectivity index (χ2n) is 10.2. The first-order valence-electron chi connectivity index (χ1n) is 13.8. The third kappa shape index (κ3) is 5.81. The van der Waals surface area contributed by atoms with Gasteiger partial charge in [0.15, 0.2) is 11.5 Å². The quantitative estimate of drug-likeness (QED) is 0.156. The van der Waals surface area contributed by atoms with Gasteiger partial charge in [-0.25, -0.2) is 9.38 Å². The van der Waals surface area contributed by atoms with Crippen LogP contribution in [0.2, 0.25) is 0 Å². The highest BCUT2D eigenvalue weighted by Gasteiger charge is 2.22. The fraction of sp³-hybridized carbons (Fsp3) is 0.219. The van der Waals surface area contributed by atoms with Crippen LogP contribution in [0.5, 0.6) is 23.1 Å². The van der Waals surface area contributed by atoms with Crippen LogP contribution in [0.4, 0.5) is 11.5 Å². The number of hydrogen-bond donors (Lipinski definition) is 2. The van der Waals surface area contributed by atoms with Crippen molar-refractivity contribution in [2.45, 2.75) is 25.7 Å². The number of rotatable bonds is 9. The molecule has 0 radical (unpaired) electrons. The molecular formula is C32H31N3O7S. The molecule has 0 amide bonds. The van der Waals surface area contributed by atoms with Crippen LogP contribution in [-0.2, 0) is 14.3 Å². The Morgan fingerprint density at radius 3 is 2.37 bits per heavy atom. The maximum absolute atomic E-state index is 12.6. The lowest BCUT2D eigenvalue weighted by molar-refractivity contribution is 0.171. The molecule has 222 valence electrons. The van der Waals surface area contributed by atoms with Crippen molar-refractivity contribution in [3.63, 3.8) is 0 Å². The largest absolute Gasteiger partial charge is 0.508 e. The van der Waals surface area contributed by atoms with Gasteiger partial charge in [-0.15, -0.1) is 0 Å². The summed E-state index contributed by atoms with van der Waals surface area (Å²) in [5.74, 6) is 2.53. The number of aromatic nitrogens is 2. The molecule has 3 heterocycles. The number of ether oxygens (including phenoxy) is 3. The zero-order valence-corrected chi connectivity index (χ0v) is 24.8. The number of aromatic hydroxyl groups is 1. The maximum atomic E-state index is 12.6. The van der Waals surface area contributed by atoms with E-state index in [1.165, 1.54) is 12.1 Å². The van der Waals surface area contributed by atoms with Crippen molar-refractivity contribution in [1.29, 1.82) is 0 Å². The van der Waals surface area contributed by atoms with E-state index in [2.05, 4.69) is 5.32 Å². The number of hydrogen-bond acceptors (Lipinski definition) is 9. The Morgan fingerprint density at radius 1 is 0.907 bits per heavy atom. The van der Waals surface area contributed by atoms with E-state index in [0.717, 1.165) is 27.9 Å². The van der Waals surface area contributed by atoms with Crippen LogP contribution in [0, 0.1) is 20.8 Å². The van der Waals surface area contributed by atoms with Crippen LogP contribution < -0.4 is 19.5 Å². The minimum atomic E-state index is -3.93. The summed E-state index contributed by atoms with van der Waals surface area (Å²) < 4.78 is 49.9. The first-order valence-corrected chi connectivity index (χ1v) is 15.2. The summed E-state index contributed by atoms with van der Waals surface area (Å²) in [6, 6.07) is 20.9. The third-order valence-electron chi connectivity index (χ3n) is 7.05. The molecule has 10 nitrogen and oxygen atoms in total. The monoisotopic (exact) mass is 601 g/mol. The number of anilines is 2. The van der Waals surface area contributed by atoms with Crippen molar-refractivity contribution in [3.8, 4) is 34.4 Å². The fourth-order valence-electron chi connectivity index (χ4n) is 5.10. The van der Waals surface area contributed by atoms with Crippen molar-refractivity contribution >= 4 is 27.3 Å². The van der Waals surface area contributed by atoms with E-state index in [4.69, 9.17) is 23.4 Å². The number of benzene rings is 3. The molecule has 0 atom stereocenters. The zero-order chi connectivity index (χ0) is 30.1. The number of fused-ring (bicyclic) bond motifs is 2. The molecule has 0 aliphatic carbocycles. The van der Waals surface area contributed by atoms with Crippen molar-refractivity contribution in [2.24, 2.45) is 0 Å². The molecule has 1 aliphatic rings. The molecule has 11 heteroatoms. The normalized spacial score (nSPS) is 12.8. The molecular weight excluding hydrogens is 570 g/mol. The van der Waals surface area contributed by atoms with E-state index in [0.29, 0.717) is 47.8 Å². The first-order chi connectivity index (χ1) is 20.7.